The standard InChI is InChI=1S/C12H13BNO2/c15-13(16)12-8-4-5-9-14(12)10-11-6-2-1-3-7-11/h1-9,15-16H,10H2/q+1. The Morgan fingerprint density at radius 2 is 1.62 bits per heavy atom. The molecule has 4 heteroatoms. The monoisotopic (exact) mass is 214 g/mol. The summed E-state index contributed by atoms with van der Waals surface area (Å²) in [5, 5.41) is 18.4. The van der Waals surface area contributed by atoms with Gasteiger partial charge in [-0.3, -0.25) is 0 Å². The van der Waals surface area contributed by atoms with Gasteiger partial charge >= 0.3 is 7.12 Å². The molecule has 0 aliphatic carbocycles. The minimum absolute atomic E-state index is 0.492. The van der Waals surface area contributed by atoms with E-state index in [1.165, 1.54) is 0 Å². The maximum atomic E-state index is 9.22. The lowest BCUT2D eigenvalue weighted by Crippen LogP contribution is -2.57. The highest BCUT2D eigenvalue weighted by Crippen LogP contribution is 1.96. The SMILES string of the molecule is OB(O)c1cccc[n+]1Cc1ccccc1. The first-order chi connectivity index (χ1) is 7.77. The number of rotatable bonds is 3. The first-order valence-corrected chi connectivity index (χ1v) is 5.16. The van der Waals surface area contributed by atoms with Crippen LogP contribution in [0.5, 0.6) is 0 Å². The molecule has 0 amide bonds. The molecule has 80 valence electrons. The number of hydrogen-bond donors (Lipinski definition) is 2. The van der Waals surface area contributed by atoms with Crippen molar-refractivity contribution in [3.63, 3.8) is 0 Å². The summed E-state index contributed by atoms with van der Waals surface area (Å²) in [5.41, 5.74) is 1.62. The van der Waals surface area contributed by atoms with Gasteiger partial charge in [0.2, 0.25) is 5.59 Å². The number of benzene rings is 1. The third-order valence-electron chi connectivity index (χ3n) is 2.44. The fourth-order valence-corrected chi connectivity index (χ4v) is 1.65. The van der Waals surface area contributed by atoms with Crippen LogP contribution in [0.15, 0.2) is 54.7 Å². The highest BCUT2D eigenvalue weighted by atomic mass is 16.4. The van der Waals surface area contributed by atoms with Gasteiger partial charge in [0.1, 0.15) is 0 Å². The molecule has 2 N–H and O–H groups in total. The van der Waals surface area contributed by atoms with Gasteiger partial charge in [0.15, 0.2) is 12.7 Å². The van der Waals surface area contributed by atoms with Crippen molar-refractivity contribution in [3.8, 4) is 0 Å². The molecule has 0 spiro atoms. The fraction of sp³-hybridized carbons (Fsp3) is 0.0833. The van der Waals surface area contributed by atoms with E-state index in [4.69, 9.17) is 0 Å². The van der Waals surface area contributed by atoms with Crippen LogP contribution >= 0.6 is 0 Å². The summed E-state index contributed by atoms with van der Waals surface area (Å²) in [6, 6.07) is 15.3. The van der Waals surface area contributed by atoms with Crippen LogP contribution < -0.4 is 10.2 Å². The summed E-state index contributed by atoms with van der Waals surface area (Å²) in [7, 11) is -1.44. The summed E-state index contributed by atoms with van der Waals surface area (Å²) in [6.07, 6.45) is 1.84. The topological polar surface area (TPSA) is 44.3 Å². The molecule has 1 heterocycles. The molecule has 0 bridgehead atoms. The second kappa shape index (κ2) is 4.92. The predicted octanol–water partition coefficient (Wildman–Crippen LogP) is -0.298. The van der Waals surface area contributed by atoms with E-state index in [1.54, 1.807) is 12.1 Å². The van der Waals surface area contributed by atoms with Crippen LogP contribution in [0.1, 0.15) is 5.56 Å². The maximum absolute atomic E-state index is 9.22. The largest absolute Gasteiger partial charge is 0.561 e. The molecule has 0 aliphatic heterocycles. The van der Waals surface area contributed by atoms with E-state index in [0.717, 1.165) is 5.56 Å². The van der Waals surface area contributed by atoms with Gasteiger partial charge in [-0.2, -0.15) is 0 Å². The number of hydrogen-bond acceptors (Lipinski definition) is 2. The average molecular weight is 214 g/mol. The van der Waals surface area contributed by atoms with Crippen LogP contribution in [0.4, 0.5) is 0 Å². The number of nitrogens with zero attached hydrogens (tertiary/aromatic N) is 1. The van der Waals surface area contributed by atoms with Crippen molar-refractivity contribution in [1.82, 2.24) is 0 Å². The third kappa shape index (κ3) is 2.48. The van der Waals surface area contributed by atoms with E-state index >= 15 is 0 Å². The highest BCUT2D eigenvalue weighted by Gasteiger charge is 2.23. The van der Waals surface area contributed by atoms with Crippen LogP contribution in [0.25, 0.3) is 0 Å². The zero-order valence-corrected chi connectivity index (χ0v) is 8.82. The van der Waals surface area contributed by atoms with Crippen LogP contribution in [-0.2, 0) is 6.54 Å². The van der Waals surface area contributed by atoms with Crippen molar-refractivity contribution >= 4 is 12.7 Å². The van der Waals surface area contributed by atoms with E-state index in [9.17, 15) is 10.0 Å². The Bertz CT molecular complexity index is 460. The molecule has 2 aromatic rings. The molecule has 0 unspecified atom stereocenters. The zero-order valence-electron chi connectivity index (χ0n) is 8.82. The summed E-state index contributed by atoms with van der Waals surface area (Å²) in [5.74, 6) is 0. The van der Waals surface area contributed by atoms with Crippen molar-refractivity contribution in [3.05, 3.63) is 60.3 Å². The van der Waals surface area contributed by atoms with Gasteiger partial charge in [-0.25, -0.2) is 4.57 Å². The van der Waals surface area contributed by atoms with Crippen LogP contribution in [0.3, 0.4) is 0 Å². The molecule has 0 saturated heterocycles. The van der Waals surface area contributed by atoms with Crippen LogP contribution in [-0.4, -0.2) is 17.2 Å². The average Bonchev–Trinajstić information content (AvgIpc) is 2.31. The molecule has 2 rings (SSSR count). The Hall–Kier alpha value is -1.65. The van der Waals surface area contributed by atoms with E-state index in [-0.39, 0.29) is 0 Å². The molecule has 1 aromatic carbocycles. The summed E-state index contributed by atoms with van der Waals surface area (Å²) in [4.78, 5) is 0. The van der Waals surface area contributed by atoms with Crippen molar-refractivity contribution in [2.45, 2.75) is 6.54 Å². The highest BCUT2D eigenvalue weighted by molar-refractivity contribution is 6.56. The van der Waals surface area contributed by atoms with E-state index in [2.05, 4.69) is 0 Å². The third-order valence-corrected chi connectivity index (χ3v) is 2.44. The first-order valence-electron chi connectivity index (χ1n) is 5.16. The maximum Gasteiger partial charge on any atom is 0.561 e. The van der Waals surface area contributed by atoms with Crippen molar-refractivity contribution in [2.75, 3.05) is 0 Å². The molecule has 0 radical (unpaired) electrons. The minimum Gasteiger partial charge on any atom is -0.419 e. The smallest absolute Gasteiger partial charge is 0.419 e. The fourth-order valence-electron chi connectivity index (χ4n) is 1.65. The van der Waals surface area contributed by atoms with Crippen LogP contribution in [0.2, 0.25) is 0 Å². The quantitative estimate of drug-likeness (QED) is 0.544. The first kappa shape index (κ1) is 10.9. The molecule has 1 aromatic heterocycles. The van der Waals surface area contributed by atoms with Crippen molar-refractivity contribution in [2.24, 2.45) is 0 Å². The van der Waals surface area contributed by atoms with Crippen molar-refractivity contribution in [1.29, 1.82) is 0 Å². The lowest BCUT2D eigenvalue weighted by molar-refractivity contribution is -0.672. The molecule has 0 aliphatic rings. The van der Waals surface area contributed by atoms with Crippen LogP contribution in [0, 0.1) is 0 Å². The number of pyridine rings is 1. The van der Waals surface area contributed by atoms with Gasteiger partial charge in [-0.15, -0.1) is 0 Å². The Morgan fingerprint density at radius 1 is 0.938 bits per heavy atom. The van der Waals surface area contributed by atoms with Gasteiger partial charge in [-0.1, -0.05) is 36.4 Å². The molecule has 0 saturated carbocycles. The lowest BCUT2D eigenvalue weighted by atomic mass is 9.85. The number of aromatic nitrogens is 1. The Kier molecular flexibility index (Phi) is 3.34. The van der Waals surface area contributed by atoms with Gasteiger partial charge in [0.25, 0.3) is 0 Å². The van der Waals surface area contributed by atoms with Gasteiger partial charge in [0.05, 0.1) is 0 Å². The molecular weight excluding hydrogens is 201 g/mol. The second-order valence-electron chi connectivity index (χ2n) is 3.61. The van der Waals surface area contributed by atoms with E-state index in [0.29, 0.717) is 12.1 Å². The normalized spacial score (nSPS) is 10.1. The molecule has 0 atom stereocenters. The molecule has 16 heavy (non-hydrogen) atoms. The Labute approximate surface area is 94.8 Å². The summed E-state index contributed by atoms with van der Waals surface area (Å²) < 4.78 is 1.82. The molecular formula is C12H13BNO2+. The van der Waals surface area contributed by atoms with Gasteiger partial charge in [-0.05, 0) is 0 Å². The van der Waals surface area contributed by atoms with E-state index in [1.807, 2.05) is 47.2 Å². The Balaban J connectivity index is 2.28. The van der Waals surface area contributed by atoms with Gasteiger partial charge in [0, 0.05) is 17.7 Å². The second-order valence-corrected chi connectivity index (χ2v) is 3.61. The summed E-state index contributed by atoms with van der Waals surface area (Å²) in [6.45, 7) is 0.634. The van der Waals surface area contributed by atoms with Gasteiger partial charge < -0.3 is 10.0 Å². The predicted molar refractivity (Wildman–Crippen MR) is 62.0 cm³/mol. The molecule has 0 fully saturated rings. The Morgan fingerprint density at radius 3 is 2.31 bits per heavy atom. The zero-order chi connectivity index (χ0) is 11.4. The molecule has 3 nitrogen and oxygen atoms in total. The van der Waals surface area contributed by atoms with E-state index < -0.39 is 7.12 Å². The lowest BCUT2D eigenvalue weighted by Gasteiger charge is -2.02. The summed E-state index contributed by atoms with van der Waals surface area (Å²) >= 11 is 0. The minimum atomic E-state index is -1.44. The van der Waals surface area contributed by atoms with Crippen molar-refractivity contribution < 1.29 is 14.6 Å².